The van der Waals surface area contributed by atoms with Crippen LogP contribution in [-0.4, -0.2) is 98.3 Å². The van der Waals surface area contributed by atoms with Crippen molar-refractivity contribution in [1.29, 1.82) is 0 Å². The molecule has 0 radical (unpaired) electrons. The monoisotopic (exact) mass is 921 g/mol. The molecule has 8 atom stereocenters. The van der Waals surface area contributed by atoms with Gasteiger partial charge in [-0.1, -0.05) is 193 Å². The summed E-state index contributed by atoms with van der Waals surface area (Å²) in [5.74, 6) is -1.09. The van der Waals surface area contributed by atoms with E-state index in [9.17, 15) is 44.6 Å². The van der Waals surface area contributed by atoms with Crippen molar-refractivity contribution in [3.8, 4) is 0 Å². The third-order valence-electron chi connectivity index (χ3n) is 12.1. The topological polar surface area (TPSA) is 210 Å². The van der Waals surface area contributed by atoms with Gasteiger partial charge in [0.15, 0.2) is 6.10 Å². The molecule has 13 nitrogen and oxygen atoms in total. The van der Waals surface area contributed by atoms with E-state index in [1.807, 2.05) is 0 Å². The van der Waals surface area contributed by atoms with E-state index in [4.69, 9.17) is 18.5 Å². The Morgan fingerprint density at radius 2 is 0.810 bits per heavy atom. The van der Waals surface area contributed by atoms with Gasteiger partial charge < -0.3 is 39.9 Å². The highest BCUT2D eigenvalue weighted by atomic mass is 31.2. The van der Waals surface area contributed by atoms with Crippen molar-refractivity contribution in [3.63, 3.8) is 0 Å². The van der Waals surface area contributed by atoms with Gasteiger partial charge in [0.25, 0.3) is 0 Å². The summed E-state index contributed by atoms with van der Waals surface area (Å²) in [5, 5.41) is 50.2. The molecule has 0 heterocycles. The number of aliphatic hydroxyl groups is 5. The molecular weight excluding hydrogens is 827 g/mol. The number of carbonyl (C=O) groups excluding carboxylic acids is 2. The molecule has 0 saturated heterocycles. The first-order valence-electron chi connectivity index (χ1n) is 25.5. The predicted octanol–water partition coefficient (Wildman–Crippen LogP) is 10.6. The molecule has 372 valence electrons. The average Bonchev–Trinajstić information content (AvgIpc) is 3.26. The maximum atomic E-state index is 12.8. The van der Waals surface area contributed by atoms with E-state index < -0.39 is 75.7 Å². The van der Waals surface area contributed by atoms with Crippen LogP contribution in [0.2, 0.25) is 0 Å². The molecular formula is C49H93O13P. The minimum Gasteiger partial charge on any atom is -0.462 e. The highest BCUT2D eigenvalue weighted by molar-refractivity contribution is 7.47. The Morgan fingerprint density at radius 1 is 0.476 bits per heavy atom. The SMILES string of the molecule is CCCCCCCC/C=C/CCCCCCCCCCCC(=O)OC[C@@H](COP(=O)(O)OC1C(O)C(O)C(O)[C@H](O)C1O)OC(=O)CCCCCCCCCCCCCCCCC. The lowest BCUT2D eigenvalue weighted by molar-refractivity contribution is -0.220. The first-order chi connectivity index (χ1) is 30.4. The van der Waals surface area contributed by atoms with E-state index in [2.05, 4.69) is 26.0 Å². The number of ether oxygens (including phenoxy) is 2. The fourth-order valence-corrected chi connectivity index (χ4v) is 8.96. The fraction of sp³-hybridized carbons (Fsp3) is 0.918. The zero-order chi connectivity index (χ0) is 46.4. The smallest absolute Gasteiger partial charge is 0.462 e. The number of phosphoric ester groups is 1. The number of unbranched alkanes of at least 4 members (excludes halogenated alkanes) is 29. The summed E-state index contributed by atoms with van der Waals surface area (Å²) < 4.78 is 33.6. The summed E-state index contributed by atoms with van der Waals surface area (Å²) in [5.41, 5.74) is 0. The maximum absolute atomic E-state index is 12.8. The summed E-state index contributed by atoms with van der Waals surface area (Å²) in [6.07, 6.45) is 29.7. The second kappa shape index (κ2) is 39.7. The maximum Gasteiger partial charge on any atom is 0.472 e. The number of allylic oxidation sites excluding steroid dienone is 2. The number of carbonyl (C=O) groups is 2. The molecule has 0 bridgehead atoms. The van der Waals surface area contributed by atoms with Crippen LogP contribution in [-0.2, 0) is 32.7 Å². The quantitative estimate of drug-likeness (QED) is 0.0146. The fourth-order valence-electron chi connectivity index (χ4n) is 7.99. The van der Waals surface area contributed by atoms with Gasteiger partial charge >= 0.3 is 19.8 Å². The molecule has 0 aromatic carbocycles. The molecule has 1 aliphatic rings. The third-order valence-corrected chi connectivity index (χ3v) is 13.1. The second-order valence-electron chi connectivity index (χ2n) is 18.0. The van der Waals surface area contributed by atoms with Gasteiger partial charge in [0, 0.05) is 12.8 Å². The van der Waals surface area contributed by atoms with Crippen LogP contribution in [0.15, 0.2) is 12.2 Å². The van der Waals surface area contributed by atoms with Crippen LogP contribution in [0, 0.1) is 0 Å². The van der Waals surface area contributed by atoms with E-state index in [1.54, 1.807) is 0 Å². The molecule has 0 aliphatic heterocycles. The standard InChI is InChI=1S/C49H93O13P/c1-3-5-7-9-11-13-15-17-19-20-21-22-24-25-27-29-31-33-35-37-42(50)59-39-41(40-60-63(57,58)62-49-47(55)45(53)44(52)46(54)48(49)56)61-43(51)38-36-34-32-30-28-26-23-18-16-14-12-10-8-6-4-2/h17,19,41,44-49,52-56H,3-16,18,20-40H2,1-2H3,(H,57,58)/b19-17+/t41-,44?,45-,46?,47?,48?,49?/m0/s1. The molecule has 1 saturated carbocycles. The van der Waals surface area contributed by atoms with Gasteiger partial charge in [-0.3, -0.25) is 18.6 Å². The Labute approximate surface area is 382 Å². The minimum atomic E-state index is -5.12. The number of esters is 2. The second-order valence-corrected chi connectivity index (χ2v) is 19.4. The molecule has 1 aliphatic carbocycles. The van der Waals surface area contributed by atoms with Gasteiger partial charge in [0.05, 0.1) is 6.61 Å². The molecule has 6 unspecified atom stereocenters. The zero-order valence-electron chi connectivity index (χ0n) is 39.6. The van der Waals surface area contributed by atoms with Crippen molar-refractivity contribution < 1.29 is 63.1 Å². The van der Waals surface area contributed by atoms with Crippen molar-refractivity contribution in [2.75, 3.05) is 13.2 Å². The van der Waals surface area contributed by atoms with Crippen molar-refractivity contribution in [3.05, 3.63) is 12.2 Å². The van der Waals surface area contributed by atoms with Crippen molar-refractivity contribution >= 4 is 19.8 Å². The number of aliphatic hydroxyl groups excluding tert-OH is 5. The third kappa shape index (κ3) is 32.0. The molecule has 0 aromatic rings. The van der Waals surface area contributed by atoms with Crippen molar-refractivity contribution in [2.45, 2.75) is 275 Å². The molecule has 0 amide bonds. The zero-order valence-corrected chi connectivity index (χ0v) is 40.5. The largest absolute Gasteiger partial charge is 0.472 e. The van der Waals surface area contributed by atoms with E-state index in [0.29, 0.717) is 12.8 Å². The Morgan fingerprint density at radius 3 is 1.21 bits per heavy atom. The predicted molar refractivity (Wildman–Crippen MR) is 249 cm³/mol. The van der Waals surface area contributed by atoms with Crippen LogP contribution in [0.4, 0.5) is 0 Å². The van der Waals surface area contributed by atoms with E-state index in [1.165, 1.54) is 154 Å². The average molecular weight is 921 g/mol. The first kappa shape index (κ1) is 59.6. The molecule has 1 fully saturated rings. The van der Waals surface area contributed by atoms with Crippen LogP contribution in [0.3, 0.4) is 0 Å². The Hall–Kier alpha value is -1.41. The highest BCUT2D eigenvalue weighted by Crippen LogP contribution is 2.47. The van der Waals surface area contributed by atoms with Gasteiger partial charge in [0.1, 0.15) is 43.2 Å². The van der Waals surface area contributed by atoms with E-state index in [-0.39, 0.29) is 12.8 Å². The Bertz CT molecular complexity index is 1160. The Kier molecular flexibility index (Phi) is 37.6. The number of hydrogen-bond donors (Lipinski definition) is 6. The minimum absolute atomic E-state index is 0.102. The van der Waals surface area contributed by atoms with Crippen molar-refractivity contribution in [2.24, 2.45) is 0 Å². The summed E-state index contributed by atoms with van der Waals surface area (Å²) in [7, 11) is -5.12. The molecule has 6 N–H and O–H groups in total. The summed E-state index contributed by atoms with van der Waals surface area (Å²) in [6.45, 7) is 3.33. The molecule has 14 heteroatoms. The van der Waals surface area contributed by atoms with Gasteiger partial charge in [-0.25, -0.2) is 4.57 Å². The van der Waals surface area contributed by atoms with E-state index in [0.717, 1.165) is 38.5 Å². The highest BCUT2D eigenvalue weighted by Gasteiger charge is 2.51. The molecule has 0 aromatic heterocycles. The molecule has 1 rings (SSSR count). The van der Waals surface area contributed by atoms with Crippen molar-refractivity contribution in [1.82, 2.24) is 0 Å². The summed E-state index contributed by atoms with van der Waals surface area (Å²) in [4.78, 5) is 35.8. The molecule has 63 heavy (non-hydrogen) atoms. The Balaban J connectivity index is 2.39. The number of hydrogen-bond acceptors (Lipinski definition) is 12. The van der Waals surface area contributed by atoms with Crippen LogP contribution < -0.4 is 0 Å². The molecule has 0 spiro atoms. The van der Waals surface area contributed by atoms with Crippen LogP contribution >= 0.6 is 7.82 Å². The lowest BCUT2D eigenvalue weighted by Gasteiger charge is -2.41. The normalized spacial score (nSPS) is 21.7. The van der Waals surface area contributed by atoms with Crippen LogP contribution in [0.5, 0.6) is 0 Å². The lowest BCUT2D eigenvalue weighted by atomic mass is 9.85. The van der Waals surface area contributed by atoms with E-state index >= 15 is 0 Å². The number of phosphoric acid groups is 1. The van der Waals surface area contributed by atoms with Crippen LogP contribution in [0.25, 0.3) is 0 Å². The van der Waals surface area contributed by atoms with Gasteiger partial charge in [0.2, 0.25) is 0 Å². The van der Waals surface area contributed by atoms with Gasteiger partial charge in [-0.05, 0) is 38.5 Å². The van der Waals surface area contributed by atoms with Gasteiger partial charge in [-0.2, -0.15) is 0 Å². The number of rotatable bonds is 43. The lowest BCUT2D eigenvalue weighted by Crippen LogP contribution is -2.64. The van der Waals surface area contributed by atoms with Crippen LogP contribution in [0.1, 0.15) is 232 Å². The first-order valence-corrected chi connectivity index (χ1v) is 27.0. The summed E-state index contributed by atoms with van der Waals surface area (Å²) in [6, 6.07) is 0. The van der Waals surface area contributed by atoms with Gasteiger partial charge in [-0.15, -0.1) is 0 Å². The summed E-state index contributed by atoms with van der Waals surface area (Å²) >= 11 is 0.